The summed E-state index contributed by atoms with van der Waals surface area (Å²) in [5.41, 5.74) is 0.794. The van der Waals surface area contributed by atoms with Crippen molar-refractivity contribution in [1.82, 2.24) is 0 Å². The van der Waals surface area contributed by atoms with Gasteiger partial charge in [-0.3, -0.25) is 0 Å². The first-order valence-electron chi connectivity index (χ1n) is 4.17. The van der Waals surface area contributed by atoms with E-state index in [1.807, 2.05) is 18.2 Å². The second-order valence-corrected chi connectivity index (χ2v) is 3.55. The third-order valence-corrected chi connectivity index (χ3v) is 2.05. The van der Waals surface area contributed by atoms with E-state index in [1.54, 1.807) is 0 Å². The lowest BCUT2D eigenvalue weighted by Gasteiger charge is -2.06. The summed E-state index contributed by atoms with van der Waals surface area (Å²) >= 11 is 3.35. The number of benzene rings is 1. The Kier molecular flexibility index (Phi) is 3.85. The Morgan fingerprint density at radius 1 is 1.54 bits per heavy atom. The normalized spacial score (nSPS) is 9.31. The first kappa shape index (κ1) is 10.1. The van der Waals surface area contributed by atoms with Crippen LogP contribution in [0, 0.1) is 12.3 Å². The molecule has 0 bridgehead atoms. The van der Waals surface area contributed by atoms with E-state index in [0.717, 1.165) is 22.2 Å². The maximum atomic E-state index is 5.47. The Hall–Kier alpha value is -0.940. The van der Waals surface area contributed by atoms with Gasteiger partial charge in [-0.05, 0) is 24.6 Å². The lowest BCUT2D eigenvalue weighted by Crippen LogP contribution is -1.96. The van der Waals surface area contributed by atoms with Crippen LogP contribution in [0.2, 0.25) is 0 Å². The maximum absolute atomic E-state index is 5.47. The van der Waals surface area contributed by atoms with Gasteiger partial charge < -0.3 is 4.74 Å². The van der Waals surface area contributed by atoms with Gasteiger partial charge in [0.25, 0.3) is 0 Å². The fourth-order valence-corrected chi connectivity index (χ4v) is 1.31. The average Bonchev–Trinajstić information content (AvgIpc) is 2.16. The predicted molar refractivity (Wildman–Crippen MR) is 57.9 cm³/mol. The third-order valence-electron chi connectivity index (χ3n) is 1.56. The Morgan fingerprint density at radius 3 is 2.92 bits per heavy atom. The van der Waals surface area contributed by atoms with Crippen LogP contribution in [-0.2, 0) is 0 Å². The van der Waals surface area contributed by atoms with Crippen LogP contribution >= 0.6 is 15.9 Å². The van der Waals surface area contributed by atoms with Gasteiger partial charge in [-0.2, -0.15) is 0 Å². The zero-order valence-electron chi connectivity index (χ0n) is 7.51. The fraction of sp³-hybridized carbons (Fsp3) is 0.273. The van der Waals surface area contributed by atoms with Crippen molar-refractivity contribution in [3.05, 3.63) is 28.2 Å². The summed E-state index contributed by atoms with van der Waals surface area (Å²) in [4.78, 5) is 0. The molecule has 68 valence electrons. The first-order valence-corrected chi connectivity index (χ1v) is 4.96. The summed E-state index contributed by atoms with van der Waals surface area (Å²) in [5.74, 6) is 3.38. The number of terminal acetylenes is 1. The van der Waals surface area contributed by atoms with E-state index < -0.39 is 0 Å². The highest BCUT2D eigenvalue weighted by Gasteiger charge is 2.00. The minimum Gasteiger partial charge on any atom is -0.492 e. The zero-order chi connectivity index (χ0) is 9.68. The Bertz CT molecular complexity index is 325. The molecule has 0 atom stereocenters. The lowest BCUT2D eigenvalue weighted by atomic mass is 10.2. The van der Waals surface area contributed by atoms with Crippen molar-refractivity contribution in [2.24, 2.45) is 0 Å². The summed E-state index contributed by atoms with van der Waals surface area (Å²) in [6.45, 7) is 2.77. The minimum atomic E-state index is 0.705. The van der Waals surface area contributed by atoms with E-state index in [1.165, 1.54) is 0 Å². The van der Waals surface area contributed by atoms with Crippen LogP contribution in [-0.4, -0.2) is 6.61 Å². The quantitative estimate of drug-likeness (QED) is 0.736. The van der Waals surface area contributed by atoms with E-state index in [0.29, 0.717) is 6.61 Å². The van der Waals surface area contributed by atoms with E-state index in [-0.39, 0.29) is 0 Å². The van der Waals surface area contributed by atoms with Crippen molar-refractivity contribution < 1.29 is 4.74 Å². The van der Waals surface area contributed by atoms with E-state index in [9.17, 15) is 0 Å². The van der Waals surface area contributed by atoms with Crippen molar-refractivity contribution in [1.29, 1.82) is 0 Å². The Morgan fingerprint density at radius 2 is 2.31 bits per heavy atom. The number of halogens is 1. The molecule has 0 spiro atoms. The van der Waals surface area contributed by atoms with Gasteiger partial charge in [-0.25, -0.2) is 0 Å². The van der Waals surface area contributed by atoms with Gasteiger partial charge in [-0.1, -0.05) is 28.8 Å². The standard InChI is InChI=1S/C11H11BrO/c1-3-7-13-11-6-5-10(12)8-9(11)4-2/h2,5-6,8H,3,7H2,1H3. The summed E-state index contributed by atoms with van der Waals surface area (Å²) < 4.78 is 6.45. The molecule has 2 heteroatoms. The molecule has 1 aromatic rings. The van der Waals surface area contributed by atoms with Gasteiger partial charge in [0.05, 0.1) is 12.2 Å². The number of rotatable bonds is 3. The van der Waals surface area contributed by atoms with Crippen LogP contribution in [0.5, 0.6) is 5.75 Å². The van der Waals surface area contributed by atoms with Crippen molar-refractivity contribution >= 4 is 15.9 Å². The van der Waals surface area contributed by atoms with Crippen LogP contribution in [0.1, 0.15) is 18.9 Å². The van der Waals surface area contributed by atoms with E-state index in [2.05, 4.69) is 28.8 Å². The molecule has 0 fully saturated rings. The average molecular weight is 239 g/mol. The molecule has 0 aliphatic carbocycles. The molecule has 1 aromatic carbocycles. The van der Waals surface area contributed by atoms with Gasteiger partial charge in [0.15, 0.2) is 0 Å². The largest absolute Gasteiger partial charge is 0.492 e. The molecule has 0 N–H and O–H groups in total. The molecule has 0 aliphatic rings. The van der Waals surface area contributed by atoms with Gasteiger partial charge in [0.2, 0.25) is 0 Å². The predicted octanol–water partition coefficient (Wildman–Crippen LogP) is 3.22. The van der Waals surface area contributed by atoms with Crippen LogP contribution in [0.4, 0.5) is 0 Å². The van der Waals surface area contributed by atoms with Crippen LogP contribution in [0.3, 0.4) is 0 Å². The molecular weight excluding hydrogens is 228 g/mol. The van der Waals surface area contributed by atoms with Crippen molar-refractivity contribution in [3.63, 3.8) is 0 Å². The second-order valence-electron chi connectivity index (χ2n) is 2.63. The molecule has 0 aromatic heterocycles. The Labute approximate surface area is 87.2 Å². The zero-order valence-corrected chi connectivity index (χ0v) is 9.10. The van der Waals surface area contributed by atoms with Gasteiger partial charge in [0.1, 0.15) is 5.75 Å². The number of ether oxygens (including phenoxy) is 1. The van der Waals surface area contributed by atoms with Crippen LogP contribution < -0.4 is 4.74 Å². The molecular formula is C11H11BrO. The van der Waals surface area contributed by atoms with E-state index in [4.69, 9.17) is 11.2 Å². The van der Waals surface area contributed by atoms with Crippen molar-refractivity contribution in [3.8, 4) is 18.1 Å². The summed E-state index contributed by atoms with van der Waals surface area (Å²) in [6.07, 6.45) is 6.33. The highest BCUT2D eigenvalue weighted by Crippen LogP contribution is 2.22. The smallest absolute Gasteiger partial charge is 0.134 e. The SMILES string of the molecule is C#Cc1cc(Br)ccc1OCCC. The van der Waals surface area contributed by atoms with E-state index >= 15 is 0 Å². The second kappa shape index (κ2) is 4.94. The molecule has 1 nitrogen and oxygen atoms in total. The third kappa shape index (κ3) is 2.78. The molecule has 0 heterocycles. The highest BCUT2D eigenvalue weighted by atomic mass is 79.9. The summed E-state index contributed by atoms with van der Waals surface area (Å²) in [6, 6.07) is 5.69. The molecule has 0 saturated heterocycles. The topological polar surface area (TPSA) is 9.23 Å². The number of hydrogen-bond donors (Lipinski definition) is 0. The van der Waals surface area contributed by atoms with Gasteiger partial charge in [0, 0.05) is 4.47 Å². The molecule has 1 rings (SSSR count). The van der Waals surface area contributed by atoms with Gasteiger partial charge >= 0.3 is 0 Å². The highest BCUT2D eigenvalue weighted by molar-refractivity contribution is 9.10. The van der Waals surface area contributed by atoms with Crippen molar-refractivity contribution in [2.45, 2.75) is 13.3 Å². The monoisotopic (exact) mass is 238 g/mol. The minimum absolute atomic E-state index is 0.705. The fourth-order valence-electron chi connectivity index (χ4n) is 0.953. The summed E-state index contributed by atoms with van der Waals surface area (Å²) in [5, 5.41) is 0. The number of hydrogen-bond acceptors (Lipinski definition) is 1. The molecule has 0 aliphatic heterocycles. The molecule has 13 heavy (non-hydrogen) atoms. The van der Waals surface area contributed by atoms with Crippen molar-refractivity contribution in [2.75, 3.05) is 6.61 Å². The lowest BCUT2D eigenvalue weighted by molar-refractivity contribution is 0.316. The van der Waals surface area contributed by atoms with Crippen LogP contribution in [0.15, 0.2) is 22.7 Å². The molecule has 0 unspecified atom stereocenters. The van der Waals surface area contributed by atoms with Crippen LogP contribution in [0.25, 0.3) is 0 Å². The first-order chi connectivity index (χ1) is 6.27. The summed E-state index contributed by atoms with van der Waals surface area (Å²) in [7, 11) is 0. The van der Waals surface area contributed by atoms with Gasteiger partial charge in [-0.15, -0.1) is 6.42 Å². The molecule has 0 saturated carbocycles. The molecule has 0 radical (unpaired) electrons. The molecule has 0 amide bonds. The Balaban J connectivity index is 2.88. The maximum Gasteiger partial charge on any atom is 0.134 e.